The third kappa shape index (κ3) is 4.02. The fourth-order valence-corrected chi connectivity index (χ4v) is 8.75. The monoisotopic (exact) mass is 445 g/mol. The zero-order valence-electron chi connectivity index (χ0n) is 20.3. The van der Waals surface area contributed by atoms with Crippen molar-refractivity contribution in [1.82, 2.24) is 5.32 Å². The Morgan fingerprint density at radius 1 is 1.15 bits per heavy atom. The van der Waals surface area contributed by atoms with Crippen LogP contribution in [0.2, 0.25) is 0 Å². The van der Waals surface area contributed by atoms with Gasteiger partial charge in [-0.1, -0.05) is 20.3 Å². The average molecular weight is 446 g/mol. The molecule has 5 rings (SSSR count). The molecule has 4 saturated carbocycles. The van der Waals surface area contributed by atoms with E-state index in [1.165, 1.54) is 51.4 Å². The number of nitrogens with zero attached hydrogens (tertiary/aromatic N) is 1. The molecule has 0 aliphatic heterocycles. The molecule has 0 aromatic rings. The summed E-state index contributed by atoms with van der Waals surface area (Å²) < 4.78 is 0. The third-order valence-electron chi connectivity index (χ3n) is 10.3. The van der Waals surface area contributed by atoms with E-state index in [2.05, 4.69) is 25.2 Å². The second kappa shape index (κ2) is 8.90. The van der Waals surface area contributed by atoms with Crippen LogP contribution in [0, 0.1) is 63.6 Å². The maximum absolute atomic E-state index is 13.3. The Balaban J connectivity index is 1.23. The third-order valence-corrected chi connectivity index (χ3v) is 10.3. The minimum absolute atomic E-state index is 0.161. The van der Waals surface area contributed by atoms with Crippen LogP contribution in [-0.2, 0) is 4.79 Å². The van der Waals surface area contributed by atoms with Gasteiger partial charge < -0.3 is 10.7 Å². The highest BCUT2D eigenvalue weighted by atomic mass is 16.1. The molecule has 0 heterocycles. The van der Waals surface area contributed by atoms with E-state index in [-0.39, 0.29) is 11.3 Å². The second-order valence-electron chi connectivity index (χ2n) is 11.9. The van der Waals surface area contributed by atoms with Crippen molar-refractivity contribution in [1.29, 1.82) is 10.7 Å². The molecular weight excluding hydrogens is 406 g/mol. The number of carbonyl (C=O) groups is 1. The van der Waals surface area contributed by atoms with E-state index in [9.17, 15) is 4.79 Å². The van der Waals surface area contributed by atoms with Gasteiger partial charge in [0.1, 0.15) is 0 Å². The van der Waals surface area contributed by atoms with Gasteiger partial charge in [0.05, 0.1) is 23.9 Å². The molecule has 8 unspecified atom stereocenters. The van der Waals surface area contributed by atoms with Gasteiger partial charge in [0.15, 0.2) is 5.78 Å². The van der Waals surface area contributed by atoms with E-state index in [0.717, 1.165) is 41.9 Å². The zero-order chi connectivity index (χ0) is 23.2. The van der Waals surface area contributed by atoms with Gasteiger partial charge >= 0.3 is 0 Å². The summed E-state index contributed by atoms with van der Waals surface area (Å²) in [6.45, 7) is 5.20. The SMILES string of the molecule is CC1CCC2C(CCC3C2CCC2(C)C(C(=O)CN/C=C4/C=C(C#N)C=CC4=N)CCC32)C1. The van der Waals surface area contributed by atoms with E-state index >= 15 is 0 Å². The normalized spacial score (nSPS) is 43.2. The lowest BCUT2D eigenvalue weighted by atomic mass is 9.49. The molecule has 5 aliphatic rings. The van der Waals surface area contributed by atoms with Crippen molar-refractivity contribution in [2.24, 2.45) is 46.8 Å². The molecular formula is C29H39N3O. The summed E-state index contributed by atoms with van der Waals surface area (Å²) in [5, 5.41) is 20.3. The van der Waals surface area contributed by atoms with E-state index in [1.807, 2.05) is 0 Å². The Morgan fingerprint density at radius 3 is 2.79 bits per heavy atom. The van der Waals surface area contributed by atoms with Gasteiger partial charge in [0.25, 0.3) is 0 Å². The maximum Gasteiger partial charge on any atom is 0.155 e. The zero-order valence-corrected chi connectivity index (χ0v) is 20.3. The first-order valence-electron chi connectivity index (χ1n) is 13.3. The lowest BCUT2D eigenvalue weighted by molar-refractivity contribution is -0.129. The Morgan fingerprint density at radius 2 is 1.97 bits per heavy atom. The molecule has 176 valence electrons. The number of hydrogen-bond donors (Lipinski definition) is 2. The molecule has 33 heavy (non-hydrogen) atoms. The van der Waals surface area contributed by atoms with Crippen LogP contribution in [0.15, 0.2) is 35.6 Å². The minimum Gasteiger partial charge on any atom is -0.383 e. The van der Waals surface area contributed by atoms with Crippen molar-refractivity contribution in [3.8, 4) is 6.07 Å². The van der Waals surface area contributed by atoms with Gasteiger partial charge in [-0.3, -0.25) is 4.79 Å². The van der Waals surface area contributed by atoms with Crippen molar-refractivity contribution >= 4 is 11.5 Å². The van der Waals surface area contributed by atoms with Crippen LogP contribution in [0.25, 0.3) is 0 Å². The number of fused-ring (bicyclic) bond motifs is 5. The molecule has 5 aliphatic carbocycles. The number of carbonyl (C=O) groups excluding carboxylic acids is 1. The Bertz CT molecular complexity index is 952. The van der Waals surface area contributed by atoms with Crippen LogP contribution in [0.1, 0.15) is 71.6 Å². The van der Waals surface area contributed by atoms with Crippen LogP contribution in [0.4, 0.5) is 0 Å². The first-order chi connectivity index (χ1) is 15.9. The molecule has 0 amide bonds. The number of allylic oxidation sites excluding steroid dienone is 5. The Hall–Kier alpha value is -2.15. The molecule has 8 atom stereocenters. The van der Waals surface area contributed by atoms with Gasteiger partial charge in [-0.2, -0.15) is 5.26 Å². The van der Waals surface area contributed by atoms with Crippen molar-refractivity contribution < 1.29 is 4.79 Å². The lowest BCUT2D eigenvalue weighted by Gasteiger charge is -2.56. The van der Waals surface area contributed by atoms with Crippen molar-refractivity contribution in [2.75, 3.05) is 6.54 Å². The number of hydrogen-bond acceptors (Lipinski definition) is 4. The summed E-state index contributed by atoms with van der Waals surface area (Å²) in [7, 11) is 0. The number of nitrogens with one attached hydrogen (secondary N) is 2. The fraction of sp³-hybridized carbons (Fsp3) is 0.690. The highest BCUT2D eigenvalue weighted by molar-refractivity contribution is 6.10. The lowest BCUT2D eigenvalue weighted by Crippen LogP contribution is -2.49. The van der Waals surface area contributed by atoms with E-state index in [0.29, 0.717) is 29.2 Å². The van der Waals surface area contributed by atoms with Gasteiger partial charge in [0, 0.05) is 17.7 Å². The summed E-state index contributed by atoms with van der Waals surface area (Å²) in [6.07, 6.45) is 18.7. The molecule has 0 aromatic heterocycles. The van der Waals surface area contributed by atoms with Gasteiger partial charge in [-0.05, 0) is 111 Å². The molecule has 4 heteroatoms. The van der Waals surface area contributed by atoms with Crippen molar-refractivity contribution in [3.05, 3.63) is 35.6 Å². The van der Waals surface area contributed by atoms with Crippen LogP contribution in [-0.4, -0.2) is 18.0 Å². The summed E-state index contributed by atoms with van der Waals surface area (Å²) in [6, 6.07) is 2.12. The number of nitriles is 1. The molecule has 0 spiro atoms. The van der Waals surface area contributed by atoms with Crippen molar-refractivity contribution in [2.45, 2.75) is 71.6 Å². The Kier molecular flexibility index (Phi) is 6.10. The minimum atomic E-state index is 0.161. The summed E-state index contributed by atoms with van der Waals surface area (Å²) in [5.41, 5.74) is 1.73. The highest BCUT2D eigenvalue weighted by Crippen LogP contribution is 2.64. The van der Waals surface area contributed by atoms with Crippen molar-refractivity contribution in [3.63, 3.8) is 0 Å². The molecule has 2 N–H and O–H groups in total. The Labute approximate surface area is 199 Å². The van der Waals surface area contributed by atoms with E-state index in [1.54, 1.807) is 24.4 Å². The summed E-state index contributed by atoms with van der Waals surface area (Å²) in [5.74, 6) is 5.82. The predicted molar refractivity (Wildman–Crippen MR) is 131 cm³/mol. The van der Waals surface area contributed by atoms with Gasteiger partial charge in [-0.25, -0.2) is 0 Å². The number of Topliss-reactive ketones (excluding diaryl/α,β-unsaturated/α-hetero) is 1. The van der Waals surface area contributed by atoms with Gasteiger partial charge in [-0.15, -0.1) is 0 Å². The highest BCUT2D eigenvalue weighted by Gasteiger charge is 2.58. The first kappa shape index (κ1) is 22.6. The van der Waals surface area contributed by atoms with E-state index < -0.39 is 0 Å². The molecule has 4 nitrogen and oxygen atoms in total. The van der Waals surface area contributed by atoms with Crippen LogP contribution >= 0.6 is 0 Å². The number of ketones is 1. The smallest absolute Gasteiger partial charge is 0.155 e. The average Bonchev–Trinajstić information content (AvgIpc) is 3.17. The molecule has 0 bridgehead atoms. The quantitative estimate of drug-likeness (QED) is 0.559. The van der Waals surface area contributed by atoms with Gasteiger partial charge in [0.2, 0.25) is 0 Å². The molecule has 0 saturated heterocycles. The molecule has 0 radical (unpaired) electrons. The standard InChI is InChI=1S/C29H39N3O/c1-18-3-6-22-20(13-18)5-7-24-23(22)11-12-29(2)25(24)8-9-26(29)28(33)17-32-16-21-14-19(15-30)4-10-27(21)31/h4,10,14,16,18,20,22-26,31-32H,3,5-9,11-13,17H2,1-2H3/b21-16-,31-27?. The largest absolute Gasteiger partial charge is 0.383 e. The molecule has 0 aromatic carbocycles. The fourth-order valence-electron chi connectivity index (χ4n) is 8.75. The second-order valence-corrected chi connectivity index (χ2v) is 11.9. The predicted octanol–water partition coefficient (Wildman–Crippen LogP) is 5.97. The van der Waals surface area contributed by atoms with Crippen LogP contribution < -0.4 is 5.32 Å². The molecule has 4 fully saturated rings. The topological polar surface area (TPSA) is 76.7 Å². The summed E-state index contributed by atoms with van der Waals surface area (Å²) in [4.78, 5) is 13.3. The maximum atomic E-state index is 13.3. The number of rotatable bonds is 4. The van der Waals surface area contributed by atoms with E-state index in [4.69, 9.17) is 10.7 Å². The van der Waals surface area contributed by atoms with Crippen LogP contribution in [0.3, 0.4) is 0 Å². The summed E-state index contributed by atoms with van der Waals surface area (Å²) >= 11 is 0. The first-order valence-corrected chi connectivity index (χ1v) is 13.3. The van der Waals surface area contributed by atoms with Crippen LogP contribution in [0.5, 0.6) is 0 Å².